The monoisotopic (exact) mass is 344 g/mol. The van der Waals surface area contributed by atoms with E-state index in [1.165, 1.54) is 6.92 Å². The molecular weight excluding hydrogens is 324 g/mol. The molecule has 5 heteroatoms. The van der Waals surface area contributed by atoms with Crippen LogP contribution in [0, 0.1) is 0 Å². The van der Waals surface area contributed by atoms with E-state index in [1.54, 1.807) is 24.3 Å². The zero-order chi connectivity index (χ0) is 17.7. The number of amides is 1. The molecule has 2 aromatic carbocycles. The van der Waals surface area contributed by atoms with Crippen molar-refractivity contribution < 1.29 is 9.59 Å². The fraction of sp³-hybridized carbons (Fsp3) is 0.263. The molecular formula is C19H21ClN2O2. The summed E-state index contributed by atoms with van der Waals surface area (Å²) in [5, 5.41) is 3.51. The van der Waals surface area contributed by atoms with Gasteiger partial charge in [-0.05, 0) is 44.7 Å². The number of nitrogens with zero attached hydrogens (tertiary/aromatic N) is 1. The molecule has 0 saturated heterocycles. The van der Waals surface area contributed by atoms with Crippen LogP contribution in [0.4, 0.5) is 5.69 Å². The van der Waals surface area contributed by atoms with Crippen LogP contribution in [0.15, 0.2) is 48.5 Å². The molecule has 1 N–H and O–H groups in total. The van der Waals surface area contributed by atoms with Gasteiger partial charge < -0.3 is 5.32 Å². The van der Waals surface area contributed by atoms with Crippen molar-refractivity contribution in [2.75, 3.05) is 18.9 Å². The number of nitrogens with one attached hydrogen (secondary N) is 1. The second kappa shape index (κ2) is 8.08. The molecule has 0 aliphatic rings. The van der Waals surface area contributed by atoms with Crippen LogP contribution in [0.3, 0.4) is 0 Å². The first-order valence-electron chi connectivity index (χ1n) is 7.74. The van der Waals surface area contributed by atoms with Gasteiger partial charge in [0, 0.05) is 22.3 Å². The summed E-state index contributed by atoms with van der Waals surface area (Å²) in [6.45, 7) is 3.72. The summed E-state index contributed by atoms with van der Waals surface area (Å²) in [7, 11) is 1.87. The number of likely N-dealkylation sites (N-methyl/N-ethyl adjacent to an activating group) is 1. The molecule has 0 bridgehead atoms. The normalized spacial score (nSPS) is 12.0. The van der Waals surface area contributed by atoms with E-state index in [2.05, 4.69) is 5.32 Å². The smallest absolute Gasteiger partial charge is 0.238 e. The first kappa shape index (κ1) is 18.2. The van der Waals surface area contributed by atoms with E-state index in [9.17, 15) is 9.59 Å². The summed E-state index contributed by atoms with van der Waals surface area (Å²) < 4.78 is 0. The summed E-state index contributed by atoms with van der Waals surface area (Å²) in [6, 6.07) is 14.5. The minimum absolute atomic E-state index is 0.00741. The average Bonchev–Trinajstić information content (AvgIpc) is 2.54. The lowest BCUT2D eigenvalue weighted by Crippen LogP contribution is -2.32. The number of ketones is 1. The second-order valence-electron chi connectivity index (χ2n) is 5.80. The molecule has 0 aromatic heterocycles. The molecule has 2 rings (SSSR count). The number of rotatable bonds is 6. The predicted molar refractivity (Wildman–Crippen MR) is 97.6 cm³/mol. The molecule has 1 atom stereocenters. The van der Waals surface area contributed by atoms with Crippen molar-refractivity contribution in [3.05, 3.63) is 64.7 Å². The quantitative estimate of drug-likeness (QED) is 0.800. The van der Waals surface area contributed by atoms with Crippen molar-refractivity contribution in [2.45, 2.75) is 19.9 Å². The van der Waals surface area contributed by atoms with Crippen molar-refractivity contribution in [1.82, 2.24) is 4.90 Å². The van der Waals surface area contributed by atoms with E-state index < -0.39 is 0 Å². The predicted octanol–water partition coefficient (Wildman–Crippen LogP) is 4.17. The molecule has 24 heavy (non-hydrogen) atoms. The third-order valence-electron chi connectivity index (χ3n) is 3.96. The van der Waals surface area contributed by atoms with Crippen LogP contribution in [0.25, 0.3) is 0 Å². The van der Waals surface area contributed by atoms with Gasteiger partial charge in [-0.1, -0.05) is 41.9 Å². The number of hydrogen-bond donors (Lipinski definition) is 1. The van der Waals surface area contributed by atoms with Gasteiger partial charge in [-0.2, -0.15) is 0 Å². The molecule has 0 fully saturated rings. The first-order chi connectivity index (χ1) is 11.4. The molecule has 0 spiro atoms. The zero-order valence-corrected chi connectivity index (χ0v) is 14.8. The maximum absolute atomic E-state index is 12.3. The lowest BCUT2D eigenvalue weighted by Gasteiger charge is -2.25. The second-order valence-corrected chi connectivity index (χ2v) is 6.20. The van der Waals surface area contributed by atoms with E-state index in [0.29, 0.717) is 16.3 Å². The van der Waals surface area contributed by atoms with Crippen LogP contribution in [0.5, 0.6) is 0 Å². The van der Waals surface area contributed by atoms with E-state index in [-0.39, 0.29) is 24.3 Å². The number of halogens is 1. The summed E-state index contributed by atoms with van der Waals surface area (Å²) in [6.07, 6.45) is 0. The highest BCUT2D eigenvalue weighted by atomic mass is 35.5. The Morgan fingerprint density at radius 2 is 1.88 bits per heavy atom. The minimum atomic E-state index is -0.142. The maximum atomic E-state index is 12.3. The van der Waals surface area contributed by atoms with Crippen LogP contribution in [-0.4, -0.2) is 30.2 Å². The number of carbonyl (C=O) groups is 2. The fourth-order valence-corrected chi connectivity index (χ4v) is 2.72. The van der Waals surface area contributed by atoms with Crippen LogP contribution < -0.4 is 5.32 Å². The highest BCUT2D eigenvalue weighted by molar-refractivity contribution is 6.31. The Bertz CT molecular complexity index is 746. The topological polar surface area (TPSA) is 49.4 Å². The van der Waals surface area contributed by atoms with E-state index in [4.69, 9.17) is 11.6 Å². The number of Topliss-reactive ketones (excluding diaryl/α,β-unsaturated/α-hetero) is 1. The van der Waals surface area contributed by atoms with Gasteiger partial charge in [0.15, 0.2) is 5.78 Å². The highest BCUT2D eigenvalue weighted by Crippen LogP contribution is 2.26. The van der Waals surface area contributed by atoms with Crippen molar-refractivity contribution in [3.8, 4) is 0 Å². The van der Waals surface area contributed by atoms with E-state index in [0.717, 1.165) is 5.56 Å². The van der Waals surface area contributed by atoms with Crippen molar-refractivity contribution in [1.29, 1.82) is 0 Å². The molecule has 0 radical (unpaired) electrons. The molecule has 2 aromatic rings. The molecule has 0 heterocycles. The van der Waals surface area contributed by atoms with Crippen LogP contribution in [0.2, 0.25) is 5.02 Å². The Labute approximate surface area is 147 Å². The number of benzene rings is 2. The lowest BCUT2D eigenvalue weighted by molar-refractivity contribution is -0.117. The van der Waals surface area contributed by atoms with Gasteiger partial charge >= 0.3 is 0 Å². The maximum Gasteiger partial charge on any atom is 0.238 e. The highest BCUT2D eigenvalue weighted by Gasteiger charge is 2.17. The van der Waals surface area contributed by atoms with Gasteiger partial charge in [0.1, 0.15) is 0 Å². The molecule has 0 aliphatic carbocycles. The summed E-state index contributed by atoms with van der Waals surface area (Å²) in [5.74, 6) is -0.173. The largest absolute Gasteiger partial charge is 0.325 e. The Kier molecular flexibility index (Phi) is 6.12. The van der Waals surface area contributed by atoms with Crippen molar-refractivity contribution in [3.63, 3.8) is 0 Å². The Hall–Kier alpha value is -2.17. The van der Waals surface area contributed by atoms with E-state index >= 15 is 0 Å². The van der Waals surface area contributed by atoms with Gasteiger partial charge in [0.25, 0.3) is 0 Å². The molecule has 1 amide bonds. The minimum Gasteiger partial charge on any atom is -0.325 e. The van der Waals surface area contributed by atoms with Gasteiger partial charge in [0.05, 0.1) is 6.54 Å². The van der Waals surface area contributed by atoms with Crippen LogP contribution in [-0.2, 0) is 4.79 Å². The lowest BCUT2D eigenvalue weighted by atomic mass is 10.1. The number of carbonyl (C=O) groups excluding carboxylic acids is 2. The van der Waals surface area contributed by atoms with Gasteiger partial charge in [-0.25, -0.2) is 0 Å². The zero-order valence-electron chi connectivity index (χ0n) is 14.0. The number of hydrogen-bond acceptors (Lipinski definition) is 3. The van der Waals surface area contributed by atoms with Gasteiger partial charge in [-0.15, -0.1) is 0 Å². The van der Waals surface area contributed by atoms with Gasteiger partial charge in [-0.3, -0.25) is 14.5 Å². The Morgan fingerprint density at radius 3 is 2.54 bits per heavy atom. The molecule has 0 aliphatic heterocycles. The summed E-state index contributed by atoms with van der Waals surface area (Å²) >= 11 is 6.22. The van der Waals surface area contributed by atoms with Crippen molar-refractivity contribution >= 4 is 29.0 Å². The van der Waals surface area contributed by atoms with Gasteiger partial charge in [0.2, 0.25) is 5.91 Å². The molecule has 1 unspecified atom stereocenters. The average molecular weight is 345 g/mol. The molecule has 4 nitrogen and oxygen atoms in total. The fourth-order valence-electron chi connectivity index (χ4n) is 2.43. The van der Waals surface area contributed by atoms with Crippen molar-refractivity contribution in [2.24, 2.45) is 0 Å². The third-order valence-corrected chi connectivity index (χ3v) is 4.31. The number of anilines is 1. The van der Waals surface area contributed by atoms with Crippen LogP contribution >= 0.6 is 11.6 Å². The van der Waals surface area contributed by atoms with Crippen LogP contribution in [0.1, 0.15) is 35.8 Å². The third kappa shape index (κ3) is 4.66. The molecule has 0 saturated carbocycles. The first-order valence-corrected chi connectivity index (χ1v) is 8.12. The summed E-state index contributed by atoms with van der Waals surface area (Å²) in [5.41, 5.74) is 2.17. The Morgan fingerprint density at radius 1 is 1.17 bits per heavy atom. The standard InChI is InChI=1S/C19H21ClN2O2/c1-13(17-9-4-5-10-18(17)20)22(3)12-19(24)21-16-8-6-7-15(11-16)14(2)23/h4-11,13H,12H2,1-3H3,(H,21,24). The van der Waals surface area contributed by atoms with E-state index in [1.807, 2.05) is 43.1 Å². The molecule has 126 valence electrons. The Balaban J connectivity index is 2.00. The summed E-state index contributed by atoms with van der Waals surface area (Å²) in [4.78, 5) is 25.6. The SMILES string of the molecule is CC(=O)c1cccc(NC(=O)CN(C)C(C)c2ccccc2Cl)c1.